The van der Waals surface area contributed by atoms with Crippen LogP contribution in [-0.4, -0.2) is 21.4 Å². The molecular formula is C8H11Cl2NO2. The summed E-state index contributed by atoms with van der Waals surface area (Å²) in [5, 5.41) is 13.8. The van der Waals surface area contributed by atoms with E-state index >= 15 is 0 Å². The Balaban J connectivity index is 2.19. The molecule has 1 aliphatic heterocycles. The predicted molar refractivity (Wildman–Crippen MR) is 50.9 cm³/mol. The summed E-state index contributed by atoms with van der Waals surface area (Å²) in [6.07, 6.45) is 3.90. The summed E-state index contributed by atoms with van der Waals surface area (Å²) in [4.78, 5) is 3.98. The molecule has 0 spiro atoms. The topological polar surface area (TPSA) is 41.8 Å². The minimum absolute atomic E-state index is 0.110. The van der Waals surface area contributed by atoms with Crippen LogP contribution in [0.25, 0.3) is 0 Å². The van der Waals surface area contributed by atoms with E-state index < -0.39 is 10.6 Å². The summed E-state index contributed by atoms with van der Waals surface area (Å²) in [5.41, 5.74) is 0.903. The number of aliphatic hydroxyl groups is 1. The van der Waals surface area contributed by atoms with Crippen LogP contribution in [-0.2, 0) is 4.84 Å². The van der Waals surface area contributed by atoms with E-state index in [-0.39, 0.29) is 5.92 Å². The number of hydrogen-bond acceptors (Lipinski definition) is 3. The molecular weight excluding hydrogens is 213 g/mol. The Hall–Kier alpha value is 0.01000. The summed E-state index contributed by atoms with van der Waals surface area (Å²) in [5.74, 6) is -1.60. The molecule has 2 atom stereocenters. The molecule has 1 fully saturated rings. The molecule has 74 valence electrons. The fourth-order valence-corrected chi connectivity index (χ4v) is 2.32. The molecule has 0 saturated heterocycles. The second-order valence-corrected chi connectivity index (χ2v) is 4.62. The van der Waals surface area contributed by atoms with Gasteiger partial charge in [0.1, 0.15) is 0 Å². The van der Waals surface area contributed by atoms with Crippen molar-refractivity contribution < 1.29 is 9.94 Å². The van der Waals surface area contributed by atoms with Gasteiger partial charge in [-0.2, -0.15) is 0 Å². The van der Waals surface area contributed by atoms with Crippen LogP contribution in [0.2, 0.25) is 0 Å². The van der Waals surface area contributed by atoms with Crippen molar-refractivity contribution in [1.29, 1.82) is 0 Å². The lowest BCUT2D eigenvalue weighted by atomic mass is 9.82. The van der Waals surface area contributed by atoms with Crippen molar-refractivity contribution in [1.82, 2.24) is 0 Å². The third-order valence-corrected chi connectivity index (χ3v) is 3.32. The minimum Gasteiger partial charge on any atom is -0.357 e. The number of rotatable bonds is 1. The summed E-state index contributed by atoms with van der Waals surface area (Å²) < 4.78 is 0. The molecule has 0 aromatic rings. The van der Waals surface area contributed by atoms with Crippen molar-refractivity contribution >= 4 is 28.9 Å². The van der Waals surface area contributed by atoms with Gasteiger partial charge in [0.2, 0.25) is 0 Å². The highest BCUT2D eigenvalue weighted by molar-refractivity contribution is 6.45. The molecule has 2 unspecified atom stereocenters. The average Bonchev–Trinajstić information content (AvgIpc) is 2.47. The van der Waals surface area contributed by atoms with Gasteiger partial charge < -0.3 is 9.94 Å². The molecule has 5 heteroatoms. The fourth-order valence-electron chi connectivity index (χ4n) is 1.94. The van der Waals surface area contributed by atoms with Crippen LogP contribution in [0, 0.1) is 5.92 Å². The van der Waals surface area contributed by atoms with Crippen molar-refractivity contribution in [3.8, 4) is 0 Å². The molecule has 0 radical (unpaired) electrons. The van der Waals surface area contributed by atoms with Gasteiger partial charge in [-0.05, 0) is 19.3 Å². The lowest BCUT2D eigenvalue weighted by molar-refractivity contribution is -0.199. The second-order valence-electron chi connectivity index (χ2n) is 3.52. The molecule has 0 aromatic carbocycles. The highest BCUT2D eigenvalue weighted by atomic mass is 35.5. The van der Waals surface area contributed by atoms with Crippen molar-refractivity contribution in [2.24, 2.45) is 11.1 Å². The van der Waals surface area contributed by atoms with Crippen LogP contribution >= 0.6 is 23.2 Å². The minimum atomic E-state index is -1.49. The first-order valence-corrected chi connectivity index (χ1v) is 5.27. The Bertz CT molecular complexity index is 244. The summed E-state index contributed by atoms with van der Waals surface area (Å²) in [7, 11) is 0. The summed E-state index contributed by atoms with van der Waals surface area (Å²) >= 11 is 11.3. The fraction of sp³-hybridized carbons (Fsp3) is 0.875. The van der Waals surface area contributed by atoms with Gasteiger partial charge in [-0.15, -0.1) is 0 Å². The van der Waals surface area contributed by atoms with E-state index in [2.05, 4.69) is 5.16 Å². The molecule has 13 heavy (non-hydrogen) atoms. The van der Waals surface area contributed by atoms with Crippen LogP contribution in [0.5, 0.6) is 0 Å². The Morgan fingerprint density at radius 2 is 2.31 bits per heavy atom. The number of halogens is 2. The zero-order valence-electron chi connectivity index (χ0n) is 7.04. The smallest absolute Gasteiger partial charge is 0.273 e. The molecule has 3 nitrogen and oxygen atoms in total. The molecule has 0 aromatic heterocycles. The van der Waals surface area contributed by atoms with Gasteiger partial charge in [-0.1, -0.05) is 34.8 Å². The first-order valence-electron chi connectivity index (χ1n) is 4.40. The van der Waals surface area contributed by atoms with Gasteiger partial charge in [-0.3, -0.25) is 0 Å². The zero-order chi connectivity index (χ0) is 9.47. The van der Waals surface area contributed by atoms with Crippen LogP contribution in [0.1, 0.15) is 25.7 Å². The van der Waals surface area contributed by atoms with E-state index in [4.69, 9.17) is 28.0 Å². The maximum absolute atomic E-state index is 9.96. The van der Waals surface area contributed by atoms with Crippen molar-refractivity contribution in [2.75, 3.05) is 0 Å². The molecule has 0 bridgehead atoms. The van der Waals surface area contributed by atoms with Gasteiger partial charge >= 0.3 is 0 Å². The lowest BCUT2D eigenvalue weighted by Gasteiger charge is -2.30. The van der Waals surface area contributed by atoms with Crippen LogP contribution in [0.15, 0.2) is 5.16 Å². The highest BCUT2D eigenvalue weighted by Crippen LogP contribution is 2.41. The van der Waals surface area contributed by atoms with Crippen molar-refractivity contribution in [3.05, 3.63) is 0 Å². The van der Waals surface area contributed by atoms with Gasteiger partial charge in [0.05, 0.1) is 11.6 Å². The summed E-state index contributed by atoms with van der Waals surface area (Å²) in [6.45, 7) is 0. The normalized spacial score (nSPS) is 38.5. The Morgan fingerprint density at radius 1 is 1.54 bits per heavy atom. The van der Waals surface area contributed by atoms with E-state index in [1.54, 1.807) is 0 Å². The predicted octanol–water partition coefficient (Wildman–Crippen LogP) is 2.06. The third-order valence-electron chi connectivity index (χ3n) is 2.70. The average molecular weight is 224 g/mol. The van der Waals surface area contributed by atoms with Crippen molar-refractivity contribution in [2.45, 2.75) is 36.3 Å². The largest absolute Gasteiger partial charge is 0.357 e. The number of fused-ring (bicyclic) bond motifs is 1. The van der Waals surface area contributed by atoms with E-state index in [0.717, 1.165) is 31.4 Å². The van der Waals surface area contributed by atoms with Crippen LogP contribution < -0.4 is 0 Å². The van der Waals surface area contributed by atoms with E-state index in [1.807, 2.05) is 0 Å². The second kappa shape index (κ2) is 3.30. The Morgan fingerprint density at radius 3 is 3.00 bits per heavy atom. The molecule has 1 N–H and O–H groups in total. The molecule has 1 heterocycles. The highest BCUT2D eigenvalue weighted by Gasteiger charge is 2.52. The number of oxime groups is 1. The SMILES string of the molecule is OC1(C(Cl)Cl)ON=C2CCCCC21. The van der Waals surface area contributed by atoms with Crippen LogP contribution in [0.4, 0.5) is 0 Å². The van der Waals surface area contributed by atoms with Crippen LogP contribution in [0.3, 0.4) is 0 Å². The standard InChI is InChI=1S/C8H11Cl2NO2/c9-7(10)8(12)5-3-1-2-4-6(5)11-13-8/h5,7,12H,1-4H2. The lowest BCUT2D eigenvalue weighted by Crippen LogP contribution is -2.45. The maximum Gasteiger partial charge on any atom is 0.273 e. The number of hydrogen-bond donors (Lipinski definition) is 1. The molecule has 0 amide bonds. The van der Waals surface area contributed by atoms with E-state index in [9.17, 15) is 5.11 Å². The van der Waals surface area contributed by atoms with Gasteiger partial charge in [0, 0.05) is 0 Å². The van der Waals surface area contributed by atoms with Gasteiger partial charge in [-0.25, -0.2) is 0 Å². The van der Waals surface area contributed by atoms with Gasteiger partial charge in [0.25, 0.3) is 5.79 Å². The Kier molecular flexibility index (Phi) is 2.43. The van der Waals surface area contributed by atoms with E-state index in [1.165, 1.54) is 0 Å². The molecule has 2 aliphatic rings. The summed E-state index contributed by atoms with van der Waals surface area (Å²) in [6, 6.07) is 0. The quantitative estimate of drug-likeness (QED) is 0.692. The number of alkyl halides is 2. The van der Waals surface area contributed by atoms with Crippen molar-refractivity contribution in [3.63, 3.8) is 0 Å². The van der Waals surface area contributed by atoms with Gasteiger partial charge in [0.15, 0.2) is 4.84 Å². The maximum atomic E-state index is 9.96. The number of nitrogens with zero attached hydrogens (tertiary/aromatic N) is 1. The first kappa shape index (κ1) is 9.56. The Labute approximate surface area is 86.6 Å². The molecule has 1 aliphatic carbocycles. The third kappa shape index (κ3) is 1.43. The molecule has 2 rings (SSSR count). The monoisotopic (exact) mass is 223 g/mol. The van der Waals surface area contributed by atoms with E-state index in [0.29, 0.717) is 0 Å². The zero-order valence-corrected chi connectivity index (χ0v) is 8.55. The molecule has 1 saturated carbocycles. The first-order chi connectivity index (χ1) is 6.14.